The van der Waals surface area contributed by atoms with Crippen LogP contribution in [0, 0.1) is 6.92 Å². The lowest BCUT2D eigenvalue weighted by Gasteiger charge is -2.19. The predicted octanol–water partition coefficient (Wildman–Crippen LogP) is 3.83. The summed E-state index contributed by atoms with van der Waals surface area (Å²) in [6.07, 6.45) is 4.85. The van der Waals surface area contributed by atoms with E-state index in [9.17, 15) is 13.2 Å². The molecular formula is C22H26N2O4S. The monoisotopic (exact) mass is 414 g/mol. The summed E-state index contributed by atoms with van der Waals surface area (Å²) in [7, 11) is -3.67. The molecule has 1 heterocycles. The highest BCUT2D eigenvalue weighted by atomic mass is 32.2. The van der Waals surface area contributed by atoms with Gasteiger partial charge in [0.15, 0.2) is 0 Å². The first kappa shape index (κ1) is 21.1. The minimum atomic E-state index is -3.67. The number of nitrogens with zero attached hydrogens (tertiary/aromatic N) is 1. The predicted molar refractivity (Wildman–Crippen MR) is 114 cm³/mol. The first-order valence-corrected chi connectivity index (χ1v) is 11.2. The van der Waals surface area contributed by atoms with Gasteiger partial charge in [-0.3, -0.25) is 4.79 Å². The summed E-state index contributed by atoms with van der Waals surface area (Å²) in [4.78, 5) is 12.4. The Kier molecular flexibility index (Phi) is 6.71. The maximum atomic E-state index is 13.0. The molecule has 29 heavy (non-hydrogen) atoms. The molecule has 0 unspecified atom stereocenters. The summed E-state index contributed by atoms with van der Waals surface area (Å²) in [5, 5.41) is 2.73. The standard InChI is InChI=1S/C22H26N2O4S/c1-3-28-20-11-10-19(16-21(20)29(26,27)24-13-4-5-14-24)23-22(25)12-9-18-8-6-7-17(2)15-18/h6-12,15-16H,3-5,13-14H2,1-2H3,(H,23,25). The number of carbonyl (C=O) groups is 1. The van der Waals surface area contributed by atoms with Gasteiger partial charge in [0.25, 0.3) is 0 Å². The van der Waals surface area contributed by atoms with Gasteiger partial charge in [-0.15, -0.1) is 0 Å². The van der Waals surface area contributed by atoms with E-state index in [1.807, 2.05) is 31.2 Å². The van der Waals surface area contributed by atoms with Crippen molar-refractivity contribution < 1.29 is 17.9 Å². The zero-order chi connectivity index (χ0) is 20.9. The van der Waals surface area contributed by atoms with Crippen LogP contribution in [0.4, 0.5) is 5.69 Å². The van der Waals surface area contributed by atoms with Crippen LogP contribution in [0.2, 0.25) is 0 Å². The molecule has 0 saturated carbocycles. The van der Waals surface area contributed by atoms with Crippen LogP contribution in [-0.2, 0) is 14.8 Å². The lowest BCUT2D eigenvalue weighted by Crippen LogP contribution is -2.28. The van der Waals surface area contributed by atoms with Gasteiger partial charge in [-0.1, -0.05) is 29.8 Å². The van der Waals surface area contributed by atoms with E-state index < -0.39 is 10.0 Å². The van der Waals surface area contributed by atoms with Gasteiger partial charge < -0.3 is 10.1 Å². The fraction of sp³-hybridized carbons (Fsp3) is 0.318. The third-order valence-corrected chi connectivity index (χ3v) is 6.58. The first-order valence-electron chi connectivity index (χ1n) is 9.73. The molecule has 1 aliphatic rings. The molecule has 1 aliphatic heterocycles. The molecule has 3 rings (SSSR count). The van der Waals surface area contributed by atoms with E-state index in [0.717, 1.165) is 24.0 Å². The maximum absolute atomic E-state index is 13.0. The lowest BCUT2D eigenvalue weighted by molar-refractivity contribution is -0.111. The summed E-state index contributed by atoms with van der Waals surface area (Å²) in [6, 6.07) is 12.5. The largest absolute Gasteiger partial charge is 0.492 e. The Morgan fingerprint density at radius 3 is 2.62 bits per heavy atom. The van der Waals surface area contributed by atoms with Gasteiger partial charge in [-0.25, -0.2) is 8.42 Å². The number of aryl methyl sites for hydroxylation is 1. The van der Waals surface area contributed by atoms with Gasteiger partial charge in [0.1, 0.15) is 10.6 Å². The van der Waals surface area contributed by atoms with Crippen LogP contribution in [0.5, 0.6) is 5.75 Å². The van der Waals surface area contributed by atoms with Crippen molar-refractivity contribution in [1.29, 1.82) is 0 Å². The molecule has 6 nitrogen and oxygen atoms in total. The Morgan fingerprint density at radius 1 is 1.17 bits per heavy atom. The summed E-state index contributed by atoms with van der Waals surface area (Å²) in [5.41, 5.74) is 2.44. The van der Waals surface area contributed by atoms with Crippen molar-refractivity contribution in [2.45, 2.75) is 31.6 Å². The number of amides is 1. The molecule has 0 spiro atoms. The highest BCUT2D eigenvalue weighted by Crippen LogP contribution is 2.31. The molecule has 1 amide bonds. The number of rotatable bonds is 7. The van der Waals surface area contributed by atoms with Crippen LogP contribution in [0.3, 0.4) is 0 Å². The van der Waals surface area contributed by atoms with Gasteiger partial charge in [-0.05, 0) is 56.5 Å². The van der Waals surface area contributed by atoms with Crippen molar-refractivity contribution in [2.75, 3.05) is 25.0 Å². The molecule has 7 heteroatoms. The molecule has 0 aliphatic carbocycles. The average molecular weight is 415 g/mol. The van der Waals surface area contributed by atoms with Crippen molar-refractivity contribution in [3.05, 3.63) is 59.7 Å². The second kappa shape index (κ2) is 9.24. The van der Waals surface area contributed by atoms with Crippen molar-refractivity contribution >= 4 is 27.7 Å². The Labute approximate surface area is 172 Å². The number of carbonyl (C=O) groups excluding carboxylic acids is 1. The molecule has 0 bridgehead atoms. The molecule has 154 valence electrons. The minimum Gasteiger partial charge on any atom is -0.492 e. The Hall–Kier alpha value is -2.64. The van der Waals surface area contributed by atoms with Crippen molar-refractivity contribution in [1.82, 2.24) is 4.31 Å². The second-order valence-corrected chi connectivity index (χ2v) is 8.85. The summed E-state index contributed by atoms with van der Waals surface area (Å²) >= 11 is 0. The lowest BCUT2D eigenvalue weighted by atomic mass is 10.1. The van der Waals surface area contributed by atoms with Crippen molar-refractivity contribution in [3.8, 4) is 5.75 Å². The molecule has 1 N–H and O–H groups in total. The molecule has 2 aromatic carbocycles. The van der Waals surface area contributed by atoms with E-state index >= 15 is 0 Å². The number of ether oxygens (including phenoxy) is 1. The van der Waals surface area contributed by atoms with Crippen LogP contribution in [0.15, 0.2) is 53.4 Å². The number of nitrogens with one attached hydrogen (secondary N) is 1. The number of sulfonamides is 1. The van der Waals surface area contributed by atoms with Crippen molar-refractivity contribution in [2.24, 2.45) is 0 Å². The number of benzene rings is 2. The van der Waals surface area contributed by atoms with E-state index in [2.05, 4.69) is 5.32 Å². The van der Waals surface area contributed by atoms with E-state index in [4.69, 9.17) is 4.74 Å². The van der Waals surface area contributed by atoms with E-state index in [0.29, 0.717) is 31.1 Å². The normalized spacial score (nSPS) is 15.0. The van der Waals surface area contributed by atoms with Crippen LogP contribution in [-0.4, -0.2) is 38.3 Å². The van der Waals surface area contributed by atoms with E-state index in [1.165, 1.54) is 16.4 Å². The Bertz CT molecular complexity index is 1010. The molecule has 0 radical (unpaired) electrons. The Morgan fingerprint density at radius 2 is 1.93 bits per heavy atom. The zero-order valence-electron chi connectivity index (χ0n) is 16.7. The molecule has 0 aromatic heterocycles. The smallest absolute Gasteiger partial charge is 0.248 e. The van der Waals surface area contributed by atoms with Gasteiger partial charge in [0.05, 0.1) is 6.61 Å². The van der Waals surface area contributed by atoms with Crippen LogP contribution < -0.4 is 10.1 Å². The SMILES string of the molecule is CCOc1ccc(NC(=O)C=Cc2cccc(C)c2)cc1S(=O)(=O)N1CCCC1. The number of hydrogen-bond donors (Lipinski definition) is 1. The zero-order valence-corrected chi connectivity index (χ0v) is 17.5. The highest BCUT2D eigenvalue weighted by Gasteiger charge is 2.30. The van der Waals surface area contributed by atoms with Gasteiger partial charge in [-0.2, -0.15) is 4.31 Å². The quantitative estimate of drug-likeness (QED) is 0.699. The number of anilines is 1. The maximum Gasteiger partial charge on any atom is 0.248 e. The van der Waals surface area contributed by atoms with Gasteiger partial charge >= 0.3 is 0 Å². The molecule has 0 atom stereocenters. The topological polar surface area (TPSA) is 75.7 Å². The van der Waals surface area contributed by atoms with Crippen molar-refractivity contribution in [3.63, 3.8) is 0 Å². The van der Waals surface area contributed by atoms with Crippen LogP contribution in [0.1, 0.15) is 30.9 Å². The van der Waals surface area contributed by atoms with Gasteiger partial charge in [0.2, 0.25) is 15.9 Å². The van der Waals surface area contributed by atoms with E-state index in [-0.39, 0.29) is 10.8 Å². The summed E-state index contributed by atoms with van der Waals surface area (Å²) in [6.45, 7) is 5.15. The first-order chi connectivity index (χ1) is 13.9. The van der Waals surface area contributed by atoms with Gasteiger partial charge in [0, 0.05) is 24.9 Å². The second-order valence-electron chi connectivity index (χ2n) is 6.94. The number of hydrogen-bond acceptors (Lipinski definition) is 4. The highest BCUT2D eigenvalue weighted by molar-refractivity contribution is 7.89. The summed E-state index contributed by atoms with van der Waals surface area (Å²) in [5.74, 6) is -0.0344. The molecule has 1 saturated heterocycles. The fourth-order valence-electron chi connectivity index (χ4n) is 3.26. The van der Waals surface area contributed by atoms with Crippen LogP contribution >= 0.6 is 0 Å². The third kappa shape index (κ3) is 5.25. The third-order valence-electron chi connectivity index (χ3n) is 4.66. The molecule has 1 fully saturated rings. The molecule has 2 aromatic rings. The van der Waals surface area contributed by atoms with Crippen LogP contribution in [0.25, 0.3) is 6.08 Å². The fourth-order valence-corrected chi connectivity index (χ4v) is 4.93. The summed E-state index contributed by atoms with van der Waals surface area (Å²) < 4.78 is 33.1. The van der Waals surface area contributed by atoms with E-state index in [1.54, 1.807) is 25.1 Å². The minimum absolute atomic E-state index is 0.0849. The Balaban J connectivity index is 1.82. The molecular weight excluding hydrogens is 388 g/mol. The average Bonchev–Trinajstić information content (AvgIpc) is 3.23.